The highest BCUT2D eigenvalue weighted by atomic mass is 16.5. The highest BCUT2D eigenvalue weighted by molar-refractivity contribution is 6.00. The van der Waals surface area contributed by atoms with Crippen molar-refractivity contribution in [2.75, 3.05) is 20.2 Å². The number of benzene rings is 3. The van der Waals surface area contributed by atoms with E-state index in [1.165, 1.54) is 0 Å². The molecule has 0 saturated carbocycles. The summed E-state index contributed by atoms with van der Waals surface area (Å²) >= 11 is 0. The number of piperazine rings is 1. The summed E-state index contributed by atoms with van der Waals surface area (Å²) in [7, 11) is 1.64. The zero-order chi connectivity index (χ0) is 24.4. The molecule has 1 atom stereocenters. The number of fused-ring (bicyclic) bond motifs is 1. The molecule has 1 aliphatic heterocycles. The molecule has 1 aromatic heterocycles. The van der Waals surface area contributed by atoms with Gasteiger partial charge in [0.15, 0.2) is 0 Å². The first-order valence-electron chi connectivity index (χ1n) is 11.9. The molecule has 0 radical (unpaired) electrons. The molecule has 0 spiro atoms. The summed E-state index contributed by atoms with van der Waals surface area (Å²) in [6.45, 7) is 3.03. The number of ether oxygens (including phenoxy) is 1. The minimum atomic E-state index is -0.145. The van der Waals surface area contributed by atoms with Crippen LogP contribution in [0.1, 0.15) is 27.2 Å². The quantitative estimate of drug-likeness (QED) is 0.451. The highest BCUT2D eigenvalue weighted by Gasteiger charge is 2.35. The summed E-state index contributed by atoms with van der Waals surface area (Å²) < 4.78 is 5.36. The van der Waals surface area contributed by atoms with E-state index >= 15 is 0 Å². The van der Waals surface area contributed by atoms with Gasteiger partial charge in [0.2, 0.25) is 5.91 Å². The first-order chi connectivity index (χ1) is 17.0. The largest absolute Gasteiger partial charge is 0.497 e. The first-order valence-corrected chi connectivity index (χ1v) is 11.9. The number of carbonyl (C=O) groups excluding carboxylic acids is 2. The monoisotopic (exact) mass is 467 g/mol. The standard InChI is InChI=1S/C29H29N3O3/c1-20-8-6-13-26-25(20)16-27(30-26)29(34)31-18-23(14-21-9-4-3-5-10-21)32(28(33)19-31)17-22-11-7-12-24(15-22)35-2/h3-13,15-16,23,30H,14,17-19H2,1-2H3/t23-/m0/s1. The molecular weight excluding hydrogens is 438 g/mol. The van der Waals surface area contributed by atoms with Crippen molar-refractivity contribution in [2.45, 2.75) is 25.9 Å². The van der Waals surface area contributed by atoms with Crippen LogP contribution in [-0.4, -0.2) is 52.8 Å². The Morgan fingerprint density at radius 2 is 1.77 bits per heavy atom. The third-order valence-corrected chi connectivity index (χ3v) is 6.72. The van der Waals surface area contributed by atoms with E-state index in [0.717, 1.165) is 33.3 Å². The van der Waals surface area contributed by atoms with Gasteiger partial charge in [-0.05, 0) is 54.3 Å². The van der Waals surface area contributed by atoms with Gasteiger partial charge in [0.1, 0.15) is 18.0 Å². The number of hydrogen-bond acceptors (Lipinski definition) is 3. The van der Waals surface area contributed by atoms with Crippen molar-refractivity contribution in [1.82, 2.24) is 14.8 Å². The summed E-state index contributed by atoms with van der Waals surface area (Å²) in [5.41, 5.74) is 4.69. The lowest BCUT2D eigenvalue weighted by atomic mass is 10.0. The molecule has 4 aromatic rings. The lowest BCUT2D eigenvalue weighted by Gasteiger charge is -2.41. The smallest absolute Gasteiger partial charge is 0.270 e. The third-order valence-electron chi connectivity index (χ3n) is 6.72. The number of nitrogens with zero attached hydrogens (tertiary/aromatic N) is 2. The normalized spacial score (nSPS) is 16.1. The van der Waals surface area contributed by atoms with Gasteiger partial charge < -0.3 is 19.5 Å². The molecule has 35 heavy (non-hydrogen) atoms. The molecular formula is C29H29N3O3. The molecule has 1 fully saturated rings. The van der Waals surface area contributed by atoms with E-state index in [1.54, 1.807) is 12.0 Å². The fourth-order valence-electron chi connectivity index (χ4n) is 4.87. The Labute approximate surface area is 205 Å². The molecule has 1 saturated heterocycles. The minimum Gasteiger partial charge on any atom is -0.497 e. The molecule has 178 valence electrons. The van der Waals surface area contributed by atoms with Gasteiger partial charge in [-0.1, -0.05) is 54.6 Å². The second-order valence-electron chi connectivity index (χ2n) is 9.12. The van der Waals surface area contributed by atoms with Gasteiger partial charge in [-0.3, -0.25) is 9.59 Å². The van der Waals surface area contributed by atoms with Crippen molar-refractivity contribution in [3.8, 4) is 5.75 Å². The van der Waals surface area contributed by atoms with Crippen molar-refractivity contribution in [1.29, 1.82) is 0 Å². The molecule has 1 N–H and O–H groups in total. The average Bonchev–Trinajstić information content (AvgIpc) is 3.32. The molecule has 0 bridgehead atoms. The van der Waals surface area contributed by atoms with Crippen molar-refractivity contribution < 1.29 is 14.3 Å². The summed E-state index contributed by atoms with van der Waals surface area (Å²) in [5.74, 6) is 0.561. The maximum absolute atomic E-state index is 13.5. The van der Waals surface area contributed by atoms with Crippen LogP contribution >= 0.6 is 0 Å². The van der Waals surface area contributed by atoms with Crippen LogP contribution in [0.15, 0.2) is 78.9 Å². The van der Waals surface area contributed by atoms with Gasteiger partial charge in [0.25, 0.3) is 5.91 Å². The fourth-order valence-corrected chi connectivity index (χ4v) is 4.87. The van der Waals surface area contributed by atoms with Gasteiger partial charge in [0, 0.05) is 24.0 Å². The van der Waals surface area contributed by atoms with Gasteiger partial charge in [0.05, 0.1) is 13.2 Å². The maximum Gasteiger partial charge on any atom is 0.270 e. The van der Waals surface area contributed by atoms with E-state index in [-0.39, 0.29) is 24.4 Å². The molecule has 2 heterocycles. The molecule has 3 aromatic carbocycles. The van der Waals surface area contributed by atoms with Crippen LogP contribution in [0.25, 0.3) is 10.9 Å². The number of hydrogen-bond donors (Lipinski definition) is 1. The molecule has 0 aliphatic carbocycles. The Bertz CT molecular complexity index is 1360. The van der Waals surface area contributed by atoms with Crippen LogP contribution in [0.2, 0.25) is 0 Å². The van der Waals surface area contributed by atoms with Gasteiger partial charge in [-0.25, -0.2) is 0 Å². The predicted molar refractivity (Wildman–Crippen MR) is 136 cm³/mol. The van der Waals surface area contributed by atoms with E-state index in [0.29, 0.717) is 25.2 Å². The topological polar surface area (TPSA) is 65.6 Å². The first kappa shape index (κ1) is 22.7. The van der Waals surface area contributed by atoms with Crippen molar-refractivity contribution >= 4 is 22.7 Å². The van der Waals surface area contributed by atoms with Crippen LogP contribution < -0.4 is 4.74 Å². The predicted octanol–water partition coefficient (Wildman–Crippen LogP) is 4.58. The van der Waals surface area contributed by atoms with Crippen LogP contribution in [0.5, 0.6) is 5.75 Å². The average molecular weight is 468 g/mol. The molecule has 2 amide bonds. The van der Waals surface area contributed by atoms with Crippen molar-refractivity contribution in [3.05, 3.63) is 101 Å². The van der Waals surface area contributed by atoms with Crippen LogP contribution in [0.4, 0.5) is 0 Å². The molecule has 5 rings (SSSR count). The van der Waals surface area contributed by atoms with Crippen LogP contribution in [0.3, 0.4) is 0 Å². The Balaban J connectivity index is 1.42. The van der Waals surface area contributed by atoms with E-state index in [4.69, 9.17) is 4.74 Å². The van der Waals surface area contributed by atoms with E-state index in [9.17, 15) is 9.59 Å². The lowest BCUT2D eigenvalue weighted by molar-refractivity contribution is -0.139. The summed E-state index contributed by atoms with van der Waals surface area (Å²) in [6, 6.07) is 25.6. The number of carbonyl (C=O) groups is 2. The maximum atomic E-state index is 13.5. The summed E-state index contributed by atoms with van der Waals surface area (Å²) in [5, 5.41) is 1.03. The fraction of sp³-hybridized carbons (Fsp3) is 0.241. The number of aromatic amines is 1. The zero-order valence-electron chi connectivity index (χ0n) is 20.0. The van der Waals surface area contributed by atoms with Gasteiger partial charge in [-0.15, -0.1) is 0 Å². The SMILES string of the molecule is COc1cccc(CN2C(=O)CN(C(=O)c3cc4c(C)cccc4[nH]3)C[C@@H]2Cc2ccccc2)c1. The number of aryl methyl sites for hydroxylation is 1. The molecule has 1 aliphatic rings. The van der Waals surface area contributed by atoms with Crippen molar-refractivity contribution in [3.63, 3.8) is 0 Å². The van der Waals surface area contributed by atoms with Crippen LogP contribution in [-0.2, 0) is 17.8 Å². The van der Waals surface area contributed by atoms with E-state index in [1.807, 2.05) is 78.6 Å². The number of rotatable bonds is 6. The van der Waals surface area contributed by atoms with E-state index in [2.05, 4.69) is 17.1 Å². The Hall–Kier alpha value is -4.06. The van der Waals surface area contributed by atoms with Gasteiger partial charge in [-0.2, -0.15) is 0 Å². The molecule has 0 unspecified atom stereocenters. The molecule has 6 nitrogen and oxygen atoms in total. The number of methoxy groups -OCH3 is 1. The summed E-state index contributed by atoms with van der Waals surface area (Å²) in [6.07, 6.45) is 0.673. The van der Waals surface area contributed by atoms with Gasteiger partial charge >= 0.3 is 0 Å². The Morgan fingerprint density at radius 1 is 1.00 bits per heavy atom. The number of amides is 2. The van der Waals surface area contributed by atoms with Crippen molar-refractivity contribution in [2.24, 2.45) is 0 Å². The lowest BCUT2D eigenvalue weighted by Crippen LogP contribution is -2.58. The Kier molecular flexibility index (Phi) is 6.27. The van der Waals surface area contributed by atoms with E-state index < -0.39 is 0 Å². The minimum absolute atomic E-state index is 0.0550. The third kappa shape index (κ3) is 4.78. The molecule has 6 heteroatoms. The van der Waals surface area contributed by atoms with Crippen LogP contribution in [0, 0.1) is 6.92 Å². The Morgan fingerprint density at radius 3 is 2.54 bits per heavy atom. The zero-order valence-corrected chi connectivity index (χ0v) is 20.0. The highest BCUT2D eigenvalue weighted by Crippen LogP contribution is 2.24. The number of H-pyrrole nitrogens is 1. The summed E-state index contributed by atoms with van der Waals surface area (Å²) in [4.78, 5) is 33.7. The second-order valence-corrected chi connectivity index (χ2v) is 9.12. The second kappa shape index (κ2) is 9.66. The number of aromatic nitrogens is 1. The number of nitrogens with one attached hydrogen (secondary N) is 1.